The lowest BCUT2D eigenvalue weighted by atomic mass is 10.1. The number of nitrogens with two attached hydrogens (primary N) is 1. The lowest BCUT2D eigenvalue weighted by Crippen LogP contribution is -1.97. The van der Waals surface area contributed by atoms with E-state index < -0.39 is 5.82 Å². The Balaban J connectivity index is 2.71. The lowest BCUT2D eigenvalue weighted by molar-refractivity contribution is 0.354. The Morgan fingerprint density at radius 1 is 1.29 bits per heavy atom. The van der Waals surface area contributed by atoms with Crippen molar-refractivity contribution in [1.29, 1.82) is 0 Å². The maximum Gasteiger partial charge on any atom is 0.230 e. The summed E-state index contributed by atoms with van der Waals surface area (Å²) >= 11 is 0. The standard InChI is InChI=1S/C11H11FN2O3/c1-15-8-4-3-7(12)9(10(8)16-2)6-5-14-17-11(6)13/h3-5H,13H2,1-2H3. The van der Waals surface area contributed by atoms with Crippen molar-refractivity contribution in [2.45, 2.75) is 0 Å². The van der Waals surface area contributed by atoms with Gasteiger partial charge in [-0.2, -0.15) is 0 Å². The second-order valence-corrected chi connectivity index (χ2v) is 3.26. The highest BCUT2D eigenvalue weighted by Gasteiger charge is 2.20. The normalized spacial score (nSPS) is 10.3. The molecule has 1 aromatic carbocycles. The Bertz CT molecular complexity index is 540. The molecule has 0 bridgehead atoms. The van der Waals surface area contributed by atoms with E-state index in [1.807, 2.05) is 0 Å². The highest BCUT2D eigenvalue weighted by molar-refractivity contribution is 5.79. The second kappa shape index (κ2) is 4.32. The third-order valence-corrected chi connectivity index (χ3v) is 2.36. The molecular weight excluding hydrogens is 227 g/mol. The van der Waals surface area contributed by atoms with Crippen LogP contribution in [0, 0.1) is 5.82 Å². The molecule has 0 amide bonds. The van der Waals surface area contributed by atoms with Crippen LogP contribution in [0.15, 0.2) is 22.9 Å². The van der Waals surface area contributed by atoms with Crippen LogP contribution in [-0.4, -0.2) is 19.4 Å². The summed E-state index contributed by atoms with van der Waals surface area (Å²) in [5.74, 6) is 0.194. The van der Waals surface area contributed by atoms with Gasteiger partial charge in [-0.25, -0.2) is 4.39 Å². The van der Waals surface area contributed by atoms with Crippen LogP contribution in [0.2, 0.25) is 0 Å². The predicted molar refractivity (Wildman–Crippen MR) is 59.4 cm³/mol. The van der Waals surface area contributed by atoms with Crippen molar-refractivity contribution in [3.05, 3.63) is 24.1 Å². The van der Waals surface area contributed by atoms with Gasteiger partial charge in [-0.1, -0.05) is 5.16 Å². The monoisotopic (exact) mass is 238 g/mol. The van der Waals surface area contributed by atoms with Crippen molar-refractivity contribution in [1.82, 2.24) is 5.16 Å². The van der Waals surface area contributed by atoms with E-state index in [9.17, 15) is 4.39 Å². The van der Waals surface area contributed by atoms with Gasteiger partial charge in [-0.3, -0.25) is 0 Å². The van der Waals surface area contributed by atoms with Gasteiger partial charge in [0, 0.05) is 0 Å². The third-order valence-electron chi connectivity index (χ3n) is 2.36. The molecule has 0 spiro atoms. The van der Waals surface area contributed by atoms with Gasteiger partial charge in [0.2, 0.25) is 5.88 Å². The number of anilines is 1. The largest absolute Gasteiger partial charge is 0.493 e. The smallest absolute Gasteiger partial charge is 0.230 e. The van der Waals surface area contributed by atoms with Crippen molar-refractivity contribution in [2.75, 3.05) is 20.0 Å². The average Bonchev–Trinajstić information content (AvgIpc) is 2.74. The van der Waals surface area contributed by atoms with Gasteiger partial charge < -0.3 is 19.7 Å². The minimum atomic E-state index is -0.488. The third kappa shape index (κ3) is 1.77. The van der Waals surface area contributed by atoms with Crippen LogP contribution in [0.4, 0.5) is 10.3 Å². The summed E-state index contributed by atoms with van der Waals surface area (Å²) in [7, 11) is 2.89. The highest BCUT2D eigenvalue weighted by atomic mass is 19.1. The molecule has 0 aliphatic carbocycles. The summed E-state index contributed by atoms with van der Waals surface area (Å²) in [6.07, 6.45) is 1.33. The van der Waals surface area contributed by atoms with Crippen LogP contribution >= 0.6 is 0 Å². The first-order chi connectivity index (χ1) is 8.19. The molecule has 0 fully saturated rings. The molecule has 2 N–H and O–H groups in total. The summed E-state index contributed by atoms with van der Waals surface area (Å²) < 4.78 is 28.8. The van der Waals surface area contributed by atoms with Gasteiger partial charge in [0.1, 0.15) is 5.82 Å². The molecule has 6 heteroatoms. The second-order valence-electron chi connectivity index (χ2n) is 3.26. The molecule has 90 valence electrons. The number of methoxy groups -OCH3 is 2. The van der Waals surface area contributed by atoms with Gasteiger partial charge in [0.25, 0.3) is 0 Å². The first kappa shape index (κ1) is 11.3. The fourth-order valence-electron chi connectivity index (χ4n) is 1.59. The van der Waals surface area contributed by atoms with Gasteiger partial charge >= 0.3 is 0 Å². The number of nitrogen functional groups attached to an aromatic ring is 1. The number of ether oxygens (including phenoxy) is 2. The molecular formula is C11H11FN2O3. The van der Waals surface area contributed by atoms with Gasteiger partial charge in [-0.05, 0) is 12.1 Å². The Labute approximate surface area is 96.9 Å². The summed E-state index contributed by atoms with van der Waals surface area (Å²) in [4.78, 5) is 0. The van der Waals surface area contributed by atoms with E-state index in [0.29, 0.717) is 11.3 Å². The van der Waals surface area contributed by atoms with Crippen LogP contribution in [0.25, 0.3) is 11.1 Å². The summed E-state index contributed by atoms with van der Waals surface area (Å²) in [5, 5.41) is 3.51. The van der Waals surface area contributed by atoms with Gasteiger partial charge in [0.15, 0.2) is 11.5 Å². The maximum absolute atomic E-state index is 13.8. The molecule has 0 atom stereocenters. The molecule has 17 heavy (non-hydrogen) atoms. The number of hydrogen-bond acceptors (Lipinski definition) is 5. The number of benzene rings is 1. The van der Waals surface area contributed by atoms with E-state index in [-0.39, 0.29) is 17.2 Å². The molecule has 0 aliphatic heterocycles. The number of rotatable bonds is 3. The Hall–Kier alpha value is -2.24. The molecule has 0 saturated heterocycles. The summed E-state index contributed by atoms with van der Waals surface area (Å²) in [6, 6.07) is 2.74. The molecule has 1 heterocycles. The molecule has 0 radical (unpaired) electrons. The molecule has 1 aromatic heterocycles. The summed E-state index contributed by atoms with van der Waals surface area (Å²) in [6.45, 7) is 0. The van der Waals surface area contributed by atoms with Crippen molar-refractivity contribution >= 4 is 5.88 Å². The van der Waals surface area contributed by atoms with Gasteiger partial charge in [0.05, 0.1) is 31.5 Å². The average molecular weight is 238 g/mol. The van der Waals surface area contributed by atoms with E-state index in [1.165, 1.54) is 32.5 Å². The van der Waals surface area contributed by atoms with E-state index in [0.717, 1.165) is 0 Å². The van der Waals surface area contributed by atoms with Crippen LogP contribution < -0.4 is 15.2 Å². The fraction of sp³-hybridized carbons (Fsp3) is 0.182. The van der Waals surface area contributed by atoms with E-state index in [4.69, 9.17) is 19.7 Å². The zero-order chi connectivity index (χ0) is 12.4. The van der Waals surface area contributed by atoms with E-state index >= 15 is 0 Å². The molecule has 0 saturated carbocycles. The highest BCUT2D eigenvalue weighted by Crippen LogP contribution is 2.41. The fourth-order valence-corrected chi connectivity index (χ4v) is 1.59. The van der Waals surface area contributed by atoms with Crippen molar-refractivity contribution in [3.63, 3.8) is 0 Å². The number of aromatic nitrogens is 1. The number of halogens is 1. The summed E-state index contributed by atoms with van der Waals surface area (Å²) in [5.41, 5.74) is 6.07. The molecule has 2 rings (SSSR count). The minimum Gasteiger partial charge on any atom is -0.493 e. The zero-order valence-corrected chi connectivity index (χ0v) is 9.36. The van der Waals surface area contributed by atoms with E-state index in [1.54, 1.807) is 0 Å². The number of nitrogens with zero attached hydrogens (tertiary/aromatic N) is 1. The maximum atomic E-state index is 13.8. The minimum absolute atomic E-state index is 0.0236. The van der Waals surface area contributed by atoms with Gasteiger partial charge in [-0.15, -0.1) is 0 Å². The Kier molecular flexibility index (Phi) is 2.86. The Morgan fingerprint density at radius 2 is 2.06 bits per heavy atom. The van der Waals surface area contributed by atoms with Crippen LogP contribution in [0.1, 0.15) is 0 Å². The zero-order valence-electron chi connectivity index (χ0n) is 9.36. The van der Waals surface area contributed by atoms with Crippen molar-refractivity contribution in [3.8, 4) is 22.6 Å². The van der Waals surface area contributed by atoms with Crippen LogP contribution in [-0.2, 0) is 0 Å². The topological polar surface area (TPSA) is 70.5 Å². The predicted octanol–water partition coefficient (Wildman–Crippen LogP) is 2.08. The molecule has 2 aromatic rings. The quantitative estimate of drug-likeness (QED) is 0.886. The first-order valence-corrected chi connectivity index (χ1v) is 4.80. The lowest BCUT2D eigenvalue weighted by Gasteiger charge is -2.12. The van der Waals surface area contributed by atoms with E-state index in [2.05, 4.69) is 5.16 Å². The molecule has 0 unspecified atom stereocenters. The SMILES string of the molecule is COc1ccc(F)c(-c2cnoc2N)c1OC. The molecule has 0 aliphatic rings. The van der Waals surface area contributed by atoms with Crippen LogP contribution in [0.3, 0.4) is 0 Å². The first-order valence-electron chi connectivity index (χ1n) is 4.80. The van der Waals surface area contributed by atoms with Crippen molar-refractivity contribution in [2.24, 2.45) is 0 Å². The molecule has 5 nitrogen and oxygen atoms in total. The van der Waals surface area contributed by atoms with Crippen molar-refractivity contribution < 1.29 is 18.4 Å². The van der Waals surface area contributed by atoms with Crippen LogP contribution in [0.5, 0.6) is 11.5 Å². The Morgan fingerprint density at radius 3 is 2.59 bits per heavy atom. The number of hydrogen-bond donors (Lipinski definition) is 1.